The van der Waals surface area contributed by atoms with E-state index in [1.165, 1.54) is 13.0 Å². The molecule has 0 aromatic heterocycles. The lowest BCUT2D eigenvalue weighted by Crippen LogP contribution is -2.25. The van der Waals surface area contributed by atoms with E-state index in [0.717, 1.165) is 25.0 Å². The number of halogens is 3. The maximum absolute atomic E-state index is 13.2. The van der Waals surface area contributed by atoms with E-state index >= 15 is 0 Å². The molecule has 1 atom stereocenters. The van der Waals surface area contributed by atoms with Gasteiger partial charge in [0.05, 0.1) is 11.0 Å². The van der Waals surface area contributed by atoms with Gasteiger partial charge in [-0.25, -0.2) is 0 Å². The number of rotatable bonds is 4. The molecule has 27 heavy (non-hydrogen) atoms. The first-order valence-electron chi connectivity index (χ1n) is 8.84. The second-order valence-electron chi connectivity index (χ2n) is 7.13. The highest BCUT2D eigenvalue weighted by atomic mass is 19.4. The van der Waals surface area contributed by atoms with Crippen LogP contribution in [-0.2, 0) is 15.7 Å². The monoisotopic (exact) mass is 378 g/mol. The van der Waals surface area contributed by atoms with Crippen LogP contribution < -0.4 is 0 Å². The van der Waals surface area contributed by atoms with Crippen molar-refractivity contribution in [2.75, 3.05) is 0 Å². The molecule has 1 rings (SSSR count). The Bertz CT molecular complexity index is 778. The summed E-state index contributed by atoms with van der Waals surface area (Å²) in [6.45, 7) is 8.58. The third-order valence-corrected chi connectivity index (χ3v) is 3.65. The lowest BCUT2D eigenvalue weighted by atomic mass is 9.96. The maximum atomic E-state index is 13.2. The number of unbranched alkanes of at least 4 members (excludes halogenated alkanes) is 2. The molecule has 5 heteroatoms. The van der Waals surface area contributed by atoms with Gasteiger partial charge >= 0.3 is 12.1 Å². The minimum Gasteiger partial charge on any atom is -0.444 e. The lowest BCUT2D eigenvalue weighted by Gasteiger charge is -2.22. The Kier molecular flexibility index (Phi) is 7.98. The minimum absolute atomic E-state index is 0.153. The van der Waals surface area contributed by atoms with E-state index in [1.807, 2.05) is 6.92 Å². The fourth-order valence-electron chi connectivity index (χ4n) is 2.08. The summed E-state index contributed by atoms with van der Waals surface area (Å²) in [6.07, 6.45) is -3.11. The van der Waals surface area contributed by atoms with E-state index in [2.05, 4.69) is 23.7 Å². The molecule has 146 valence electrons. The Hall–Kier alpha value is -2.40. The predicted molar refractivity (Wildman–Crippen MR) is 99.6 cm³/mol. The molecule has 1 unspecified atom stereocenters. The van der Waals surface area contributed by atoms with Crippen LogP contribution in [0.15, 0.2) is 18.2 Å². The molecule has 2 nitrogen and oxygen atoms in total. The maximum Gasteiger partial charge on any atom is 0.416 e. The highest BCUT2D eigenvalue weighted by molar-refractivity contribution is 5.76. The van der Waals surface area contributed by atoms with Crippen molar-refractivity contribution in [3.05, 3.63) is 34.9 Å². The molecule has 0 spiro atoms. The Morgan fingerprint density at radius 3 is 2.41 bits per heavy atom. The molecule has 0 heterocycles. The second kappa shape index (κ2) is 9.51. The van der Waals surface area contributed by atoms with Crippen molar-refractivity contribution in [1.29, 1.82) is 0 Å². The first-order valence-corrected chi connectivity index (χ1v) is 8.84. The molecule has 1 aromatic carbocycles. The fraction of sp³-hybridized carbons (Fsp3) is 0.500. The van der Waals surface area contributed by atoms with Gasteiger partial charge < -0.3 is 4.74 Å². The molecule has 0 aliphatic heterocycles. The van der Waals surface area contributed by atoms with Crippen LogP contribution in [0.2, 0.25) is 0 Å². The van der Waals surface area contributed by atoms with Crippen LogP contribution in [0.1, 0.15) is 76.7 Å². The van der Waals surface area contributed by atoms with Gasteiger partial charge in [-0.2, -0.15) is 13.2 Å². The molecule has 1 aromatic rings. The van der Waals surface area contributed by atoms with Crippen LogP contribution >= 0.6 is 0 Å². The normalized spacial score (nSPS) is 12.3. The molecule has 0 saturated heterocycles. The predicted octanol–water partition coefficient (Wildman–Crippen LogP) is 5.90. The van der Waals surface area contributed by atoms with E-state index in [1.54, 1.807) is 20.8 Å². The number of hydrogen-bond acceptors (Lipinski definition) is 2. The summed E-state index contributed by atoms with van der Waals surface area (Å²) in [6, 6.07) is 3.26. The minimum atomic E-state index is -4.51. The number of alkyl halides is 3. The highest BCUT2D eigenvalue weighted by Crippen LogP contribution is 2.33. The quantitative estimate of drug-likeness (QED) is 0.370. The molecule has 0 fully saturated rings. The van der Waals surface area contributed by atoms with E-state index in [0.29, 0.717) is 12.0 Å². The third kappa shape index (κ3) is 7.02. The van der Waals surface area contributed by atoms with Crippen LogP contribution in [0.5, 0.6) is 0 Å². The van der Waals surface area contributed by atoms with Crippen LogP contribution in [0.25, 0.3) is 0 Å². The zero-order chi connectivity index (χ0) is 20.7. The van der Waals surface area contributed by atoms with Crippen molar-refractivity contribution >= 4 is 5.97 Å². The van der Waals surface area contributed by atoms with Gasteiger partial charge in [-0.1, -0.05) is 31.1 Å². The fourth-order valence-corrected chi connectivity index (χ4v) is 2.08. The van der Waals surface area contributed by atoms with E-state index < -0.39 is 29.2 Å². The Labute approximate surface area is 159 Å². The van der Waals surface area contributed by atoms with Gasteiger partial charge in [-0.3, -0.25) is 4.79 Å². The second-order valence-corrected chi connectivity index (χ2v) is 7.13. The van der Waals surface area contributed by atoms with Crippen molar-refractivity contribution < 1.29 is 22.7 Å². The first kappa shape index (κ1) is 22.6. The summed E-state index contributed by atoms with van der Waals surface area (Å²) in [5.74, 6) is 10.6. The molecular weight excluding hydrogens is 353 g/mol. The SMILES string of the molecule is CC#CC(OC(=O)C(C)(C)C)c1cc(C(F)(F)F)ccc1C#CCCCC. The lowest BCUT2D eigenvalue weighted by molar-refractivity contribution is -0.156. The third-order valence-electron chi connectivity index (χ3n) is 3.65. The van der Waals surface area contributed by atoms with Gasteiger partial charge in [-0.05, 0) is 52.3 Å². The number of hydrogen-bond donors (Lipinski definition) is 0. The number of carbonyl (C=O) groups excluding carboxylic acids is 1. The van der Waals surface area contributed by atoms with Crippen molar-refractivity contribution in [2.45, 2.75) is 66.2 Å². The summed E-state index contributed by atoms with van der Waals surface area (Å²) >= 11 is 0. The molecule has 0 amide bonds. The largest absolute Gasteiger partial charge is 0.444 e. The highest BCUT2D eigenvalue weighted by Gasteiger charge is 2.33. The zero-order valence-electron chi connectivity index (χ0n) is 16.4. The summed E-state index contributed by atoms with van der Waals surface area (Å²) in [7, 11) is 0. The summed E-state index contributed by atoms with van der Waals surface area (Å²) in [5.41, 5.74) is -1.09. The Morgan fingerprint density at radius 2 is 1.89 bits per heavy atom. The van der Waals surface area contributed by atoms with Crippen molar-refractivity contribution in [2.24, 2.45) is 5.41 Å². The molecule has 0 aliphatic carbocycles. The number of ether oxygens (including phenoxy) is 1. The number of esters is 1. The number of benzene rings is 1. The van der Waals surface area contributed by atoms with Crippen LogP contribution in [-0.4, -0.2) is 5.97 Å². The van der Waals surface area contributed by atoms with Gasteiger partial charge in [0.15, 0.2) is 6.10 Å². The summed E-state index contributed by atoms with van der Waals surface area (Å²) < 4.78 is 44.9. The molecular formula is C22H25F3O2. The van der Waals surface area contributed by atoms with Crippen LogP contribution in [0.3, 0.4) is 0 Å². The van der Waals surface area contributed by atoms with E-state index in [4.69, 9.17) is 4.74 Å². The molecule has 0 radical (unpaired) electrons. The average Bonchev–Trinajstić information content (AvgIpc) is 2.56. The van der Waals surface area contributed by atoms with E-state index in [-0.39, 0.29) is 5.56 Å². The van der Waals surface area contributed by atoms with Gasteiger partial charge in [0, 0.05) is 17.5 Å². The summed E-state index contributed by atoms with van der Waals surface area (Å²) in [5, 5.41) is 0. The molecule has 0 saturated carbocycles. The van der Waals surface area contributed by atoms with Crippen LogP contribution in [0, 0.1) is 29.1 Å². The average molecular weight is 378 g/mol. The van der Waals surface area contributed by atoms with E-state index in [9.17, 15) is 18.0 Å². The van der Waals surface area contributed by atoms with Crippen molar-refractivity contribution in [3.63, 3.8) is 0 Å². The summed E-state index contributed by atoms with van der Waals surface area (Å²) in [4.78, 5) is 12.3. The Morgan fingerprint density at radius 1 is 1.22 bits per heavy atom. The smallest absolute Gasteiger partial charge is 0.416 e. The standard InChI is InChI=1S/C22H25F3O2/c1-6-8-9-10-12-16-13-14-17(22(23,24)25)15-18(16)19(11-7-2)27-20(26)21(3,4)5/h13-15,19H,6,8-9H2,1-5H3. The zero-order valence-corrected chi connectivity index (χ0v) is 16.4. The van der Waals surface area contributed by atoms with Gasteiger partial charge in [-0.15, -0.1) is 5.92 Å². The van der Waals surface area contributed by atoms with Crippen molar-refractivity contribution in [1.82, 2.24) is 0 Å². The molecule has 0 aliphatic rings. The van der Waals surface area contributed by atoms with Crippen LogP contribution in [0.4, 0.5) is 13.2 Å². The Balaban J connectivity index is 3.42. The van der Waals surface area contributed by atoms with Crippen molar-refractivity contribution in [3.8, 4) is 23.7 Å². The molecule has 0 N–H and O–H groups in total. The van der Waals surface area contributed by atoms with Gasteiger partial charge in [0.25, 0.3) is 0 Å². The van der Waals surface area contributed by atoms with Gasteiger partial charge in [0.2, 0.25) is 0 Å². The van der Waals surface area contributed by atoms with Gasteiger partial charge in [0.1, 0.15) is 0 Å². The molecule has 0 bridgehead atoms. The number of carbonyl (C=O) groups is 1. The topological polar surface area (TPSA) is 26.3 Å². The first-order chi connectivity index (χ1) is 12.5.